The number of esters is 1. The van der Waals surface area contributed by atoms with Gasteiger partial charge in [-0.2, -0.15) is 4.72 Å². The van der Waals surface area contributed by atoms with Gasteiger partial charge in [0.2, 0.25) is 10.0 Å². The number of aliphatic carboxylic acids is 1. The molecule has 0 aliphatic rings. The average molecular weight is 366 g/mol. The molecule has 0 saturated heterocycles. The molecule has 2 rings (SSSR count). The van der Waals surface area contributed by atoms with E-state index in [1.54, 1.807) is 25.1 Å². The van der Waals surface area contributed by atoms with Crippen molar-refractivity contribution in [2.75, 3.05) is 6.61 Å². The summed E-state index contributed by atoms with van der Waals surface area (Å²) in [4.78, 5) is 23.1. The number of carbonyl (C=O) groups excluding carboxylic acids is 1. The number of ether oxygens (including phenoxy) is 1. The molecule has 1 heterocycles. The molecule has 2 N–H and O–H groups in total. The fourth-order valence-electron chi connectivity index (χ4n) is 2.22. The van der Waals surface area contributed by atoms with Crippen LogP contribution in [0.1, 0.15) is 29.0 Å². The van der Waals surface area contributed by atoms with Crippen molar-refractivity contribution in [3.8, 4) is 0 Å². The molecule has 134 valence electrons. The first-order valence-electron chi connectivity index (χ1n) is 7.40. The van der Waals surface area contributed by atoms with Gasteiger partial charge in [0.15, 0.2) is 0 Å². The number of aryl methyl sites for hydroxylation is 1. The van der Waals surface area contributed by atoms with Gasteiger partial charge in [-0.15, -0.1) is 0 Å². The molecular weight excluding hydrogens is 348 g/mol. The second-order valence-corrected chi connectivity index (χ2v) is 6.91. The lowest BCUT2D eigenvalue weighted by Crippen LogP contribution is -2.33. The number of carboxylic acid groups (broad SMARTS) is 1. The summed E-state index contributed by atoms with van der Waals surface area (Å²) in [6.45, 7) is 1.79. The first-order chi connectivity index (χ1) is 11.8. The van der Waals surface area contributed by atoms with Gasteiger partial charge in [0.05, 0.1) is 6.61 Å². The predicted octanol–water partition coefficient (Wildman–Crippen LogP) is 1.31. The zero-order valence-electron chi connectivity index (χ0n) is 13.7. The Morgan fingerprint density at radius 2 is 1.92 bits per heavy atom. The Morgan fingerprint density at radius 1 is 1.28 bits per heavy atom. The summed E-state index contributed by atoms with van der Waals surface area (Å²) in [5.74, 6) is -2.00. The highest BCUT2D eigenvalue weighted by molar-refractivity contribution is 7.89. The number of carbonyl (C=O) groups is 2. The Balaban J connectivity index is 2.33. The summed E-state index contributed by atoms with van der Waals surface area (Å²) >= 11 is 0. The minimum Gasteiger partial charge on any atom is -0.480 e. The number of hydrogen-bond acceptors (Lipinski definition) is 5. The third-order valence-electron chi connectivity index (χ3n) is 3.43. The molecule has 1 aromatic carbocycles. The SMILES string of the molecule is CCOC(=O)c1cc(S(=O)(=O)N[C@@H](C(=O)O)c2ccccc2)cn1C. The average Bonchev–Trinajstić information content (AvgIpc) is 2.96. The molecule has 2 aromatic rings. The zero-order chi connectivity index (χ0) is 18.6. The highest BCUT2D eigenvalue weighted by Crippen LogP contribution is 2.19. The highest BCUT2D eigenvalue weighted by atomic mass is 32.2. The third kappa shape index (κ3) is 4.25. The topological polar surface area (TPSA) is 115 Å². The first-order valence-corrected chi connectivity index (χ1v) is 8.88. The number of aromatic nitrogens is 1. The van der Waals surface area contributed by atoms with E-state index in [0.717, 1.165) is 6.07 Å². The van der Waals surface area contributed by atoms with E-state index >= 15 is 0 Å². The van der Waals surface area contributed by atoms with Gasteiger partial charge in [0.25, 0.3) is 0 Å². The Hall–Kier alpha value is -2.65. The van der Waals surface area contributed by atoms with Crippen LogP contribution < -0.4 is 4.72 Å². The maximum atomic E-state index is 12.5. The third-order valence-corrected chi connectivity index (χ3v) is 4.82. The lowest BCUT2D eigenvalue weighted by molar-refractivity contribution is -0.139. The largest absolute Gasteiger partial charge is 0.480 e. The van der Waals surface area contributed by atoms with Crippen molar-refractivity contribution in [3.05, 3.63) is 53.9 Å². The van der Waals surface area contributed by atoms with Crippen LogP contribution in [0.4, 0.5) is 0 Å². The molecule has 0 bridgehead atoms. The van der Waals surface area contributed by atoms with E-state index in [1.807, 2.05) is 0 Å². The maximum absolute atomic E-state index is 12.5. The van der Waals surface area contributed by atoms with Crippen LogP contribution in [0.5, 0.6) is 0 Å². The maximum Gasteiger partial charge on any atom is 0.354 e. The van der Waals surface area contributed by atoms with Gasteiger partial charge in [0, 0.05) is 13.2 Å². The molecule has 1 aromatic heterocycles. The Bertz CT molecular complexity index is 873. The van der Waals surface area contributed by atoms with Crippen molar-refractivity contribution in [1.29, 1.82) is 0 Å². The van der Waals surface area contributed by atoms with E-state index in [9.17, 15) is 23.1 Å². The van der Waals surface area contributed by atoms with Crippen LogP contribution in [0.25, 0.3) is 0 Å². The standard InChI is InChI=1S/C16H18N2O6S/c1-3-24-16(21)13-9-12(10-18(13)2)25(22,23)17-14(15(19)20)11-7-5-4-6-8-11/h4-10,14,17H,3H2,1-2H3,(H,19,20)/t14-/m1/s1. The minimum atomic E-state index is -4.16. The predicted molar refractivity (Wildman–Crippen MR) is 88.5 cm³/mol. The highest BCUT2D eigenvalue weighted by Gasteiger charge is 2.28. The van der Waals surface area contributed by atoms with Crippen LogP contribution in [0, 0.1) is 0 Å². The first kappa shape index (κ1) is 18.7. The molecule has 9 heteroatoms. The van der Waals surface area contributed by atoms with Gasteiger partial charge in [0.1, 0.15) is 16.6 Å². The van der Waals surface area contributed by atoms with Crippen molar-refractivity contribution in [2.45, 2.75) is 17.9 Å². The molecule has 1 atom stereocenters. The van der Waals surface area contributed by atoms with E-state index < -0.39 is 28.0 Å². The van der Waals surface area contributed by atoms with Gasteiger partial charge in [-0.1, -0.05) is 30.3 Å². The van der Waals surface area contributed by atoms with Crippen molar-refractivity contribution in [1.82, 2.24) is 9.29 Å². The summed E-state index contributed by atoms with van der Waals surface area (Å²) in [5, 5.41) is 9.35. The fourth-order valence-corrected chi connectivity index (χ4v) is 3.47. The van der Waals surface area contributed by atoms with Crippen molar-refractivity contribution < 1.29 is 27.9 Å². The molecule has 0 spiro atoms. The fraction of sp³-hybridized carbons (Fsp3) is 0.250. The molecule has 0 unspecified atom stereocenters. The second-order valence-electron chi connectivity index (χ2n) is 5.20. The lowest BCUT2D eigenvalue weighted by Gasteiger charge is -2.14. The molecule has 25 heavy (non-hydrogen) atoms. The summed E-state index contributed by atoms with van der Waals surface area (Å²) in [5.41, 5.74) is 0.342. The van der Waals surface area contributed by atoms with Crippen molar-refractivity contribution in [2.24, 2.45) is 7.05 Å². The Kier molecular flexibility index (Phi) is 5.60. The zero-order valence-corrected chi connectivity index (χ0v) is 14.5. The van der Waals surface area contributed by atoms with Gasteiger partial charge < -0.3 is 14.4 Å². The van der Waals surface area contributed by atoms with Crippen LogP contribution in [0.2, 0.25) is 0 Å². The number of rotatable bonds is 7. The molecule has 8 nitrogen and oxygen atoms in total. The van der Waals surface area contributed by atoms with Crippen LogP contribution in [-0.4, -0.2) is 36.6 Å². The van der Waals surface area contributed by atoms with Crippen LogP contribution in [0.15, 0.2) is 47.5 Å². The minimum absolute atomic E-state index is 0.0498. The molecule has 0 fully saturated rings. The van der Waals surface area contributed by atoms with Crippen molar-refractivity contribution >= 4 is 22.0 Å². The number of benzene rings is 1. The Morgan fingerprint density at radius 3 is 2.48 bits per heavy atom. The van der Waals surface area contributed by atoms with Gasteiger partial charge in [-0.25, -0.2) is 13.2 Å². The molecule has 0 aliphatic heterocycles. The molecular formula is C16H18N2O6S. The van der Waals surface area contributed by atoms with Crippen LogP contribution >= 0.6 is 0 Å². The molecule has 0 amide bonds. The van der Waals surface area contributed by atoms with Gasteiger partial charge in [-0.05, 0) is 18.6 Å². The van der Waals surface area contributed by atoms with Crippen molar-refractivity contribution in [3.63, 3.8) is 0 Å². The van der Waals surface area contributed by atoms with E-state index in [-0.39, 0.29) is 17.2 Å². The summed E-state index contributed by atoms with van der Waals surface area (Å²) in [6, 6.07) is 7.64. The van der Waals surface area contributed by atoms with Gasteiger partial charge in [-0.3, -0.25) is 4.79 Å². The summed E-state index contributed by atoms with van der Waals surface area (Å²) in [7, 11) is -2.67. The molecule has 0 aliphatic carbocycles. The quantitative estimate of drug-likeness (QED) is 0.714. The number of nitrogens with zero attached hydrogens (tertiary/aromatic N) is 1. The second kappa shape index (κ2) is 7.49. The number of sulfonamides is 1. The van der Waals surface area contributed by atoms with Crippen LogP contribution in [-0.2, 0) is 26.6 Å². The number of hydrogen-bond donors (Lipinski definition) is 2. The molecule has 0 saturated carbocycles. The normalized spacial score (nSPS) is 12.6. The summed E-state index contributed by atoms with van der Waals surface area (Å²) in [6.07, 6.45) is 1.22. The monoisotopic (exact) mass is 366 g/mol. The molecule has 0 radical (unpaired) electrons. The van der Waals surface area contributed by atoms with Crippen LogP contribution in [0.3, 0.4) is 0 Å². The Labute approximate surface area is 145 Å². The van der Waals surface area contributed by atoms with E-state index in [1.165, 1.54) is 29.9 Å². The van der Waals surface area contributed by atoms with E-state index in [0.29, 0.717) is 5.56 Å². The number of nitrogens with one attached hydrogen (secondary N) is 1. The number of carboxylic acids is 1. The summed E-state index contributed by atoms with van der Waals surface area (Å²) < 4.78 is 33.4. The van der Waals surface area contributed by atoms with Gasteiger partial charge >= 0.3 is 11.9 Å². The van der Waals surface area contributed by atoms with E-state index in [4.69, 9.17) is 4.74 Å². The van der Waals surface area contributed by atoms with E-state index in [2.05, 4.69) is 4.72 Å². The smallest absolute Gasteiger partial charge is 0.354 e. The lowest BCUT2D eigenvalue weighted by atomic mass is 10.1.